The molecule has 3 rings (SSSR count). The molecule has 0 spiro atoms. The third-order valence-electron chi connectivity index (χ3n) is 3.61. The van der Waals surface area contributed by atoms with Crippen LogP contribution in [0.15, 0.2) is 42.6 Å². The van der Waals surface area contributed by atoms with Gasteiger partial charge in [0.15, 0.2) is 6.29 Å². The van der Waals surface area contributed by atoms with Crippen LogP contribution in [0.1, 0.15) is 34.2 Å². The Morgan fingerprint density at radius 1 is 1.14 bits per heavy atom. The average Bonchev–Trinajstić information content (AvgIpc) is 2.84. The highest BCUT2D eigenvalue weighted by atomic mass is 19.1. The molecule has 2 heterocycles. The van der Waals surface area contributed by atoms with Crippen molar-refractivity contribution in [3.05, 3.63) is 70.9 Å². The Kier molecular flexibility index (Phi) is 3.52. The van der Waals surface area contributed by atoms with Crippen LogP contribution >= 0.6 is 0 Å². The van der Waals surface area contributed by atoms with Crippen molar-refractivity contribution >= 4 is 11.9 Å². The minimum Gasteiger partial charge on any atom is -0.296 e. The van der Waals surface area contributed by atoms with Crippen molar-refractivity contribution in [2.24, 2.45) is 0 Å². The Labute approximate surface area is 122 Å². The largest absolute Gasteiger partial charge is 0.296 e. The zero-order valence-corrected chi connectivity index (χ0v) is 11.7. The fraction of sp³-hybridized carbons (Fsp3) is 0.176. The topological polar surface area (TPSA) is 34.4 Å². The maximum Gasteiger partial charge on any atom is 0.168 e. The number of aldehydes is 1. The number of rotatable bonds is 4. The van der Waals surface area contributed by atoms with Crippen LogP contribution in [0, 0.1) is 5.82 Å². The van der Waals surface area contributed by atoms with E-state index < -0.39 is 0 Å². The zero-order chi connectivity index (χ0) is 14.8. The summed E-state index contributed by atoms with van der Waals surface area (Å²) in [4.78, 5) is 15.7. The van der Waals surface area contributed by atoms with E-state index in [1.54, 1.807) is 6.07 Å². The molecule has 0 radical (unpaired) electrons. The lowest BCUT2D eigenvalue weighted by Crippen LogP contribution is -1.97. The summed E-state index contributed by atoms with van der Waals surface area (Å²) in [5, 5.41) is 0. The monoisotopic (exact) mass is 282 g/mol. The maximum atomic E-state index is 13.3. The number of carbonyl (C=O) groups excluding carboxylic acids is 1. The predicted octanol–water partition coefficient (Wildman–Crippen LogP) is 3.44. The van der Waals surface area contributed by atoms with Crippen LogP contribution in [-0.4, -0.2) is 15.7 Å². The Bertz CT molecular complexity index is 790. The van der Waals surface area contributed by atoms with E-state index in [1.807, 2.05) is 12.1 Å². The smallest absolute Gasteiger partial charge is 0.168 e. The van der Waals surface area contributed by atoms with E-state index in [9.17, 15) is 9.18 Å². The highest BCUT2D eigenvalue weighted by Crippen LogP contribution is 2.16. The van der Waals surface area contributed by atoms with Gasteiger partial charge in [-0.1, -0.05) is 31.2 Å². The molecule has 0 saturated carbocycles. The molecular formula is C17H15FN2O. The summed E-state index contributed by atoms with van der Waals surface area (Å²) in [5.74, 6) is -0.387. The van der Waals surface area contributed by atoms with Crippen molar-refractivity contribution in [3.63, 3.8) is 0 Å². The van der Waals surface area contributed by atoms with Crippen LogP contribution in [0.2, 0.25) is 0 Å². The molecule has 2 aromatic heterocycles. The van der Waals surface area contributed by atoms with Gasteiger partial charge in [-0.05, 0) is 29.7 Å². The lowest BCUT2D eigenvalue weighted by molar-refractivity contribution is 0.111. The molecule has 0 fully saturated rings. The number of halogens is 1. The molecule has 3 nitrogen and oxygen atoms in total. The molecule has 0 saturated heterocycles. The van der Waals surface area contributed by atoms with E-state index in [2.05, 4.69) is 24.0 Å². The van der Waals surface area contributed by atoms with Crippen LogP contribution in [0.25, 0.3) is 5.65 Å². The van der Waals surface area contributed by atoms with E-state index >= 15 is 0 Å². The Hall–Kier alpha value is -2.49. The first-order chi connectivity index (χ1) is 10.2. The van der Waals surface area contributed by atoms with Crippen molar-refractivity contribution in [3.8, 4) is 0 Å². The number of aryl methyl sites for hydroxylation is 1. The number of nitrogens with zero attached hydrogens (tertiary/aromatic N) is 2. The number of hydrogen-bond donors (Lipinski definition) is 0. The minimum absolute atomic E-state index is 0.387. The zero-order valence-electron chi connectivity index (χ0n) is 11.7. The SMILES string of the molecule is CCc1ccc(Cc2nc3ccc(F)cn3c2C=O)cc1. The molecule has 0 amide bonds. The van der Waals surface area contributed by atoms with Gasteiger partial charge in [-0.3, -0.25) is 9.20 Å². The second-order valence-electron chi connectivity index (χ2n) is 4.98. The molecule has 3 aromatic rings. The van der Waals surface area contributed by atoms with Crippen LogP contribution < -0.4 is 0 Å². The molecule has 0 aliphatic rings. The van der Waals surface area contributed by atoms with Gasteiger partial charge in [0.25, 0.3) is 0 Å². The van der Waals surface area contributed by atoms with Gasteiger partial charge in [-0.15, -0.1) is 0 Å². The first-order valence-electron chi connectivity index (χ1n) is 6.90. The van der Waals surface area contributed by atoms with E-state index in [-0.39, 0.29) is 5.82 Å². The molecule has 1 aromatic carbocycles. The number of carbonyl (C=O) groups is 1. The molecule has 21 heavy (non-hydrogen) atoms. The fourth-order valence-electron chi connectivity index (χ4n) is 2.43. The lowest BCUT2D eigenvalue weighted by Gasteiger charge is -2.01. The average molecular weight is 282 g/mol. The second kappa shape index (κ2) is 5.48. The quantitative estimate of drug-likeness (QED) is 0.687. The van der Waals surface area contributed by atoms with Crippen molar-refractivity contribution in [2.45, 2.75) is 19.8 Å². The van der Waals surface area contributed by atoms with Crippen molar-refractivity contribution < 1.29 is 9.18 Å². The van der Waals surface area contributed by atoms with Crippen molar-refractivity contribution in [1.29, 1.82) is 0 Å². The second-order valence-corrected chi connectivity index (χ2v) is 4.98. The predicted molar refractivity (Wildman–Crippen MR) is 79.2 cm³/mol. The molecule has 0 bridgehead atoms. The van der Waals surface area contributed by atoms with Gasteiger partial charge in [-0.2, -0.15) is 0 Å². The number of aromatic nitrogens is 2. The highest BCUT2D eigenvalue weighted by molar-refractivity contribution is 5.76. The van der Waals surface area contributed by atoms with Gasteiger partial charge in [0.2, 0.25) is 0 Å². The van der Waals surface area contributed by atoms with E-state index in [0.29, 0.717) is 23.5 Å². The summed E-state index contributed by atoms with van der Waals surface area (Å²) in [6.45, 7) is 2.11. The number of hydrogen-bond acceptors (Lipinski definition) is 2. The van der Waals surface area contributed by atoms with Crippen LogP contribution in [0.5, 0.6) is 0 Å². The van der Waals surface area contributed by atoms with E-state index in [4.69, 9.17) is 0 Å². The van der Waals surface area contributed by atoms with Crippen molar-refractivity contribution in [1.82, 2.24) is 9.38 Å². The molecular weight excluding hydrogens is 267 g/mol. The molecule has 0 unspecified atom stereocenters. The van der Waals surface area contributed by atoms with Crippen LogP contribution in [0.4, 0.5) is 4.39 Å². The lowest BCUT2D eigenvalue weighted by atomic mass is 10.1. The van der Waals surface area contributed by atoms with Gasteiger partial charge in [0.05, 0.1) is 5.69 Å². The third-order valence-corrected chi connectivity index (χ3v) is 3.61. The van der Waals surface area contributed by atoms with E-state index in [0.717, 1.165) is 18.3 Å². The normalized spacial score (nSPS) is 11.0. The summed E-state index contributed by atoms with van der Waals surface area (Å²) in [6.07, 6.45) is 3.57. The van der Waals surface area contributed by atoms with Gasteiger partial charge in [0, 0.05) is 12.6 Å². The van der Waals surface area contributed by atoms with Crippen LogP contribution in [-0.2, 0) is 12.8 Å². The Morgan fingerprint density at radius 2 is 1.86 bits per heavy atom. The van der Waals surface area contributed by atoms with Gasteiger partial charge in [0.1, 0.15) is 17.2 Å². The molecule has 106 valence electrons. The molecule has 0 atom stereocenters. The van der Waals surface area contributed by atoms with Gasteiger partial charge in [-0.25, -0.2) is 9.37 Å². The van der Waals surface area contributed by atoms with E-state index in [1.165, 1.54) is 22.2 Å². The van der Waals surface area contributed by atoms with Crippen LogP contribution in [0.3, 0.4) is 0 Å². The fourth-order valence-corrected chi connectivity index (χ4v) is 2.43. The number of pyridine rings is 1. The van der Waals surface area contributed by atoms with Gasteiger partial charge >= 0.3 is 0 Å². The summed E-state index contributed by atoms with van der Waals surface area (Å²) < 4.78 is 14.8. The standard InChI is InChI=1S/C17H15FN2O/c1-2-12-3-5-13(6-4-12)9-15-16(11-21)20-10-14(18)7-8-17(20)19-15/h3-8,10-11H,2,9H2,1H3. The Balaban J connectivity index is 2.01. The molecule has 0 aliphatic heterocycles. The number of benzene rings is 1. The Morgan fingerprint density at radius 3 is 2.52 bits per heavy atom. The summed E-state index contributed by atoms with van der Waals surface area (Å²) in [6, 6.07) is 11.1. The number of imidazole rings is 1. The first kappa shape index (κ1) is 13.5. The summed E-state index contributed by atoms with van der Waals surface area (Å²) in [7, 11) is 0. The molecule has 4 heteroatoms. The minimum atomic E-state index is -0.387. The summed E-state index contributed by atoms with van der Waals surface area (Å²) in [5.41, 5.74) is 4.01. The first-order valence-corrected chi connectivity index (χ1v) is 6.90. The van der Waals surface area contributed by atoms with Crippen molar-refractivity contribution in [2.75, 3.05) is 0 Å². The number of fused-ring (bicyclic) bond motifs is 1. The molecule has 0 aliphatic carbocycles. The third kappa shape index (κ3) is 2.57. The summed E-state index contributed by atoms with van der Waals surface area (Å²) >= 11 is 0. The molecule has 0 N–H and O–H groups in total. The highest BCUT2D eigenvalue weighted by Gasteiger charge is 2.12. The maximum absolute atomic E-state index is 13.3. The van der Waals surface area contributed by atoms with Gasteiger partial charge < -0.3 is 0 Å².